The van der Waals surface area contributed by atoms with Gasteiger partial charge in [0.05, 0.1) is 6.26 Å². The second kappa shape index (κ2) is 6.14. The monoisotopic (exact) mass is 278 g/mol. The second-order valence-electron chi connectivity index (χ2n) is 4.32. The Balaban J connectivity index is 2.44. The van der Waals surface area contributed by atoms with Crippen LogP contribution < -0.4 is 5.32 Å². The fourth-order valence-corrected chi connectivity index (χ4v) is 3.09. The van der Waals surface area contributed by atoms with Crippen molar-refractivity contribution in [2.24, 2.45) is 0 Å². The van der Waals surface area contributed by atoms with Gasteiger partial charge in [0.2, 0.25) is 15.9 Å². The van der Waals surface area contributed by atoms with Crippen LogP contribution in [0.2, 0.25) is 0 Å². The molecule has 0 aromatic heterocycles. The Kier molecular flexibility index (Phi) is 5.09. The number of sulfonamides is 1. The summed E-state index contributed by atoms with van der Waals surface area (Å²) in [7, 11) is -3.36. The van der Waals surface area contributed by atoms with E-state index < -0.39 is 22.0 Å². The molecule has 0 aliphatic carbocycles. The van der Waals surface area contributed by atoms with Gasteiger partial charge in [-0.05, 0) is 19.3 Å². The second-order valence-corrected chi connectivity index (χ2v) is 6.26. The summed E-state index contributed by atoms with van der Waals surface area (Å²) >= 11 is 0. The fraction of sp³-hybridized carbons (Fsp3) is 0.800. The van der Waals surface area contributed by atoms with Crippen LogP contribution in [0.4, 0.5) is 0 Å². The van der Waals surface area contributed by atoms with Crippen LogP contribution >= 0.6 is 0 Å². The molecular formula is C10H18N2O5S. The van der Waals surface area contributed by atoms with Crippen LogP contribution in [0.25, 0.3) is 0 Å². The van der Waals surface area contributed by atoms with E-state index in [-0.39, 0.29) is 18.9 Å². The first-order chi connectivity index (χ1) is 8.32. The molecule has 7 nitrogen and oxygen atoms in total. The number of hydrogen-bond donors (Lipinski definition) is 2. The number of nitrogens with one attached hydrogen (secondary N) is 1. The summed E-state index contributed by atoms with van der Waals surface area (Å²) in [6.07, 6.45) is 2.59. The molecule has 0 spiro atoms. The Morgan fingerprint density at radius 2 is 2.11 bits per heavy atom. The van der Waals surface area contributed by atoms with Gasteiger partial charge < -0.3 is 10.4 Å². The van der Waals surface area contributed by atoms with Gasteiger partial charge in [0.15, 0.2) is 0 Å². The van der Waals surface area contributed by atoms with E-state index in [1.54, 1.807) is 0 Å². The van der Waals surface area contributed by atoms with E-state index in [0.717, 1.165) is 6.26 Å². The topological polar surface area (TPSA) is 104 Å². The van der Waals surface area contributed by atoms with Crippen LogP contribution in [0, 0.1) is 0 Å². The minimum Gasteiger partial charge on any atom is -0.481 e. The van der Waals surface area contributed by atoms with Gasteiger partial charge in [0, 0.05) is 19.5 Å². The molecule has 104 valence electrons. The molecule has 0 radical (unpaired) electrons. The normalized spacial score (nSPS) is 20.8. The molecule has 0 bridgehead atoms. The molecule has 0 saturated carbocycles. The predicted octanol–water partition coefficient (Wildman–Crippen LogP) is -0.609. The maximum absolute atomic E-state index is 11.8. The molecular weight excluding hydrogens is 260 g/mol. The van der Waals surface area contributed by atoms with E-state index in [1.165, 1.54) is 4.31 Å². The average Bonchev–Trinajstić information content (AvgIpc) is 2.72. The minimum absolute atomic E-state index is 0.0132. The van der Waals surface area contributed by atoms with Gasteiger partial charge in [-0.2, -0.15) is 4.31 Å². The molecule has 1 heterocycles. The van der Waals surface area contributed by atoms with Gasteiger partial charge in [0.25, 0.3) is 0 Å². The highest BCUT2D eigenvalue weighted by Gasteiger charge is 2.36. The highest BCUT2D eigenvalue weighted by Crippen LogP contribution is 2.20. The van der Waals surface area contributed by atoms with Crippen LogP contribution in [0.15, 0.2) is 0 Å². The first-order valence-corrected chi connectivity index (χ1v) is 7.63. The number of rotatable bonds is 6. The number of aliphatic carboxylic acids is 1. The van der Waals surface area contributed by atoms with E-state index in [2.05, 4.69) is 5.32 Å². The van der Waals surface area contributed by atoms with Crippen LogP contribution in [0.3, 0.4) is 0 Å². The number of hydrogen-bond acceptors (Lipinski definition) is 4. The molecule has 1 rings (SSSR count). The summed E-state index contributed by atoms with van der Waals surface area (Å²) < 4.78 is 24.1. The van der Waals surface area contributed by atoms with E-state index in [9.17, 15) is 18.0 Å². The quantitative estimate of drug-likeness (QED) is 0.631. The lowest BCUT2D eigenvalue weighted by Gasteiger charge is -2.21. The number of carbonyl (C=O) groups is 2. The summed E-state index contributed by atoms with van der Waals surface area (Å²) in [5, 5.41) is 11.0. The van der Waals surface area contributed by atoms with Crippen molar-refractivity contribution in [2.45, 2.75) is 31.7 Å². The number of carbonyl (C=O) groups excluding carboxylic acids is 1. The van der Waals surface area contributed by atoms with E-state index in [4.69, 9.17) is 5.11 Å². The number of carboxylic acid groups (broad SMARTS) is 1. The Morgan fingerprint density at radius 1 is 1.44 bits per heavy atom. The highest BCUT2D eigenvalue weighted by molar-refractivity contribution is 7.88. The molecule has 1 unspecified atom stereocenters. The molecule has 1 amide bonds. The van der Waals surface area contributed by atoms with Crippen molar-refractivity contribution in [1.82, 2.24) is 9.62 Å². The lowest BCUT2D eigenvalue weighted by molar-refractivity contribution is -0.137. The third-order valence-electron chi connectivity index (χ3n) is 2.80. The Labute approximate surface area is 106 Å². The molecule has 1 atom stereocenters. The lowest BCUT2D eigenvalue weighted by Crippen LogP contribution is -2.45. The minimum atomic E-state index is -3.36. The van der Waals surface area contributed by atoms with Crippen LogP contribution in [0.1, 0.15) is 25.7 Å². The zero-order valence-corrected chi connectivity index (χ0v) is 11.1. The number of carboxylic acids is 1. The molecule has 8 heteroatoms. The zero-order chi connectivity index (χ0) is 13.8. The standard InChI is InChI=1S/C10H18N2O5S/c1-18(16,17)12-7-3-4-8(12)10(15)11-6-2-5-9(13)14/h8H,2-7H2,1H3,(H,11,15)(H,13,14). The third-order valence-corrected chi connectivity index (χ3v) is 4.09. The van der Waals surface area contributed by atoms with Crippen molar-refractivity contribution in [3.05, 3.63) is 0 Å². The third kappa shape index (κ3) is 4.26. The summed E-state index contributed by atoms with van der Waals surface area (Å²) in [6.45, 7) is 0.616. The summed E-state index contributed by atoms with van der Waals surface area (Å²) in [5.41, 5.74) is 0. The summed E-state index contributed by atoms with van der Waals surface area (Å²) in [4.78, 5) is 22.1. The molecule has 0 aromatic rings. The SMILES string of the molecule is CS(=O)(=O)N1CCCC1C(=O)NCCCC(=O)O. The maximum Gasteiger partial charge on any atom is 0.303 e. The Bertz CT molecular complexity index is 420. The number of amides is 1. The van der Waals surface area contributed by atoms with Crippen LogP contribution in [-0.4, -0.2) is 55.1 Å². The Morgan fingerprint density at radius 3 is 2.67 bits per heavy atom. The largest absolute Gasteiger partial charge is 0.481 e. The van der Waals surface area contributed by atoms with Crippen molar-refractivity contribution in [2.75, 3.05) is 19.3 Å². The smallest absolute Gasteiger partial charge is 0.303 e. The van der Waals surface area contributed by atoms with Crippen molar-refractivity contribution in [3.63, 3.8) is 0 Å². The zero-order valence-electron chi connectivity index (χ0n) is 10.3. The van der Waals surface area contributed by atoms with Gasteiger partial charge in [-0.25, -0.2) is 8.42 Å². The van der Waals surface area contributed by atoms with Crippen molar-refractivity contribution >= 4 is 21.9 Å². The highest BCUT2D eigenvalue weighted by atomic mass is 32.2. The van der Waals surface area contributed by atoms with E-state index in [1.807, 2.05) is 0 Å². The van der Waals surface area contributed by atoms with Gasteiger partial charge in [-0.3, -0.25) is 9.59 Å². The molecule has 1 aliphatic rings. The van der Waals surface area contributed by atoms with Crippen LogP contribution in [-0.2, 0) is 19.6 Å². The predicted molar refractivity (Wildman–Crippen MR) is 64.5 cm³/mol. The maximum atomic E-state index is 11.8. The van der Waals surface area contributed by atoms with Gasteiger partial charge in [0.1, 0.15) is 6.04 Å². The number of nitrogens with zero attached hydrogens (tertiary/aromatic N) is 1. The van der Waals surface area contributed by atoms with Crippen molar-refractivity contribution in [1.29, 1.82) is 0 Å². The van der Waals surface area contributed by atoms with Crippen LogP contribution in [0.5, 0.6) is 0 Å². The molecule has 18 heavy (non-hydrogen) atoms. The lowest BCUT2D eigenvalue weighted by atomic mass is 10.2. The summed E-state index contributed by atoms with van der Waals surface area (Å²) in [5.74, 6) is -1.26. The van der Waals surface area contributed by atoms with Crippen molar-refractivity contribution < 1.29 is 23.1 Å². The Hall–Kier alpha value is -1.15. The van der Waals surface area contributed by atoms with E-state index in [0.29, 0.717) is 25.8 Å². The molecule has 1 aliphatic heterocycles. The molecule has 1 fully saturated rings. The van der Waals surface area contributed by atoms with Crippen molar-refractivity contribution in [3.8, 4) is 0 Å². The molecule has 1 saturated heterocycles. The molecule has 0 aromatic carbocycles. The van der Waals surface area contributed by atoms with Gasteiger partial charge in [-0.1, -0.05) is 0 Å². The first-order valence-electron chi connectivity index (χ1n) is 5.78. The molecule has 2 N–H and O–H groups in total. The fourth-order valence-electron chi connectivity index (χ4n) is 1.97. The average molecular weight is 278 g/mol. The van der Waals surface area contributed by atoms with E-state index >= 15 is 0 Å². The summed E-state index contributed by atoms with van der Waals surface area (Å²) in [6, 6.07) is -0.648. The van der Waals surface area contributed by atoms with Gasteiger partial charge in [-0.15, -0.1) is 0 Å². The van der Waals surface area contributed by atoms with Gasteiger partial charge >= 0.3 is 5.97 Å². The first kappa shape index (κ1) is 14.9.